The molecule has 0 unspecified atom stereocenters. The zero-order valence-electron chi connectivity index (χ0n) is 15.9. The van der Waals surface area contributed by atoms with Gasteiger partial charge in [-0.3, -0.25) is 0 Å². The molecule has 2 aromatic rings. The molecule has 0 fully saturated rings. The second-order valence-corrected chi connectivity index (χ2v) is 6.64. The second-order valence-electron chi connectivity index (χ2n) is 6.25. The summed E-state index contributed by atoms with van der Waals surface area (Å²) in [6, 6.07) is 9.79. The van der Waals surface area contributed by atoms with Gasteiger partial charge in [-0.25, -0.2) is 4.98 Å². The van der Waals surface area contributed by atoms with Crippen molar-refractivity contribution in [1.82, 2.24) is 4.98 Å². The van der Waals surface area contributed by atoms with Crippen LogP contribution < -0.4 is 19.7 Å². The smallest absolute Gasteiger partial charge is 0.161 e. The summed E-state index contributed by atoms with van der Waals surface area (Å²) in [4.78, 5) is 5.70. The van der Waals surface area contributed by atoms with Crippen LogP contribution in [0.4, 0.5) is 0 Å². The van der Waals surface area contributed by atoms with E-state index in [4.69, 9.17) is 21.1 Å². The molecular formula is C20H30ClN3O2+2. The van der Waals surface area contributed by atoms with Crippen LogP contribution in [-0.2, 0) is 13.2 Å². The van der Waals surface area contributed by atoms with Gasteiger partial charge in [-0.05, 0) is 38.1 Å². The third kappa shape index (κ3) is 6.48. The molecule has 0 saturated heterocycles. The minimum atomic E-state index is 0.429. The van der Waals surface area contributed by atoms with Crippen molar-refractivity contribution in [2.24, 2.45) is 0 Å². The van der Waals surface area contributed by atoms with Gasteiger partial charge in [0, 0.05) is 17.3 Å². The van der Waals surface area contributed by atoms with Crippen LogP contribution in [0.3, 0.4) is 0 Å². The molecule has 0 amide bonds. The van der Waals surface area contributed by atoms with Crippen molar-refractivity contribution in [3.63, 3.8) is 0 Å². The maximum Gasteiger partial charge on any atom is 0.161 e. The van der Waals surface area contributed by atoms with Gasteiger partial charge in [-0.2, -0.15) is 0 Å². The van der Waals surface area contributed by atoms with E-state index in [1.807, 2.05) is 12.1 Å². The number of rotatable bonds is 11. The van der Waals surface area contributed by atoms with Gasteiger partial charge >= 0.3 is 0 Å². The molecule has 0 spiro atoms. The minimum absolute atomic E-state index is 0.429. The number of quaternary nitrogens is 2. The Morgan fingerprint density at radius 2 is 1.85 bits per heavy atom. The fraction of sp³-hybridized carbons (Fsp3) is 0.450. The number of methoxy groups -OCH3 is 1. The topological polar surface area (TPSA) is 52.4 Å². The van der Waals surface area contributed by atoms with Crippen molar-refractivity contribution in [1.29, 1.82) is 0 Å². The molecule has 142 valence electrons. The Kier molecular flexibility index (Phi) is 8.68. The van der Waals surface area contributed by atoms with Gasteiger partial charge in [0.15, 0.2) is 11.5 Å². The number of halogens is 1. The van der Waals surface area contributed by atoms with Gasteiger partial charge in [-0.15, -0.1) is 0 Å². The number of hydrogen-bond donors (Lipinski definition) is 2. The van der Waals surface area contributed by atoms with E-state index in [0.29, 0.717) is 11.8 Å². The SMILES string of the molecule is CC[NH+](CC)CC[NH2+]Cc1ccc(OCc2ccc(Cl)nc2)c(OC)c1. The van der Waals surface area contributed by atoms with Gasteiger partial charge in [0.25, 0.3) is 0 Å². The number of benzene rings is 1. The summed E-state index contributed by atoms with van der Waals surface area (Å²) >= 11 is 5.80. The lowest BCUT2D eigenvalue weighted by molar-refractivity contribution is -0.910. The quantitative estimate of drug-likeness (QED) is 0.457. The molecule has 0 saturated carbocycles. The lowest BCUT2D eigenvalue weighted by atomic mass is 10.2. The molecule has 2 rings (SSSR count). The predicted octanol–water partition coefficient (Wildman–Crippen LogP) is 1.31. The van der Waals surface area contributed by atoms with E-state index in [2.05, 4.69) is 36.3 Å². The van der Waals surface area contributed by atoms with Gasteiger partial charge < -0.3 is 19.7 Å². The first-order valence-electron chi connectivity index (χ1n) is 9.21. The molecule has 1 heterocycles. The number of likely N-dealkylation sites (N-methyl/N-ethyl adjacent to an activating group) is 1. The number of hydrogen-bond acceptors (Lipinski definition) is 3. The molecule has 5 nitrogen and oxygen atoms in total. The fourth-order valence-corrected chi connectivity index (χ4v) is 2.90. The van der Waals surface area contributed by atoms with E-state index in [0.717, 1.165) is 30.2 Å². The third-order valence-corrected chi connectivity index (χ3v) is 4.72. The summed E-state index contributed by atoms with van der Waals surface area (Å²) in [5.41, 5.74) is 2.20. The monoisotopic (exact) mass is 379 g/mol. The first kappa shape index (κ1) is 20.5. The summed E-state index contributed by atoms with van der Waals surface area (Å²) in [6.45, 7) is 10.5. The number of nitrogens with two attached hydrogens (primary N) is 1. The Morgan fingerprint density at radius 3 is 2.50 bits per heavy atom. The largest absolute Gasteiger partial charge is 0.493 e. The molecule has 1 aromatic heterocycles. The highest BCUT2D eigenvalue weighted by Crippen LogP contribution is 2.28. The molecule has 26 heavy (non-hydrogen) atoms. The average Bonchev–Trinajstić information content (AvgIpc) is 2.68. The van der Waals surface area contributed by atoms with E-state index >= 15 is 0 Å². The number of aromatic nitrogens is 1. The maximum atomic E-state index is 5.87. The van der Waals surface area contributed by atoms with E-state index in [-0.39, 0.29) is 0 Å². The standard InChI is InChI=1S/C20H28ClN3O2/c1-4-24(5-2)11-10-22-13-16-6-8-18(19(12-16)25-3)26-15-17-7-9-20(21)23-14-17/h6-9,12,14,22H,4-5,10-11,13,15H2,1-3H3/p+2. The highest BCUT2D eigenvalue weighted by Gasteiger charge is 2.08. The molecule has 0 bridgehead atoms. The van der Waals surface area contributed by atoms with Crippen LogP contribution >= 0.6 is 11.6 Å². The summed E-state index contributed by atoms with van der Waals surface area (Å²) in [5, 5.41) is 2.83. The van der Waals surface area contributed by atoms with Crippen LogP contribution in [0.2, 0.25) is 5.15 Å². The maximum absolute atomic E-state index is 5.87. The minimum Gasteiger partial charge on any atom is -0.493 e. The van der Waals surface area contributed by atoms with Crippen molar-refractivity contribution in [2.45, 2.75) is 27.0 Å². The van der Waals surface area contributed by atoms with E-state index in [9.17, 15) is 0 Å². The molecule has 0 aliphatic carbocycles. The normalized spacial score (nSPS) is 11.0. The molecule has 0 atom stereocenters. The Hall–Kier alpha value is -1.82. The summed E-state index contributed by atoms with van der Waals surface area (Å²) in [5.74, 6) is 1.49. The van der Waals surface area contributed by atoms with Crippen LogP contribution in [0.1, 0.15) is 25.0 Å². The molecule has 3 N–H and O–H groups in total. The third-order valence-electron chi connectivity index (χ3n) is 4.49. The Morgan fingerprint density at radius 1 is 1.08 bits per heavy atom. The Labute approximate surface area is 161 Å². The lowest BCUT2D eigenvalue weighted by Crippen LogP contribution is -3.14. The summed E-state index contributed by atoms with van der Waals surface area (Å²) < 4.78 is 11.4. The molecule has 0 radical (unpaired) electrons. The van der Waals surface area contributed by atoms with Crippen molar-refractivity contribution < 1.29 is 19.7 Å². The predicted molar refractivity (Wildman–Crippen MR) is 104 cm³/mol. The zero-order chi connectivity index (χ0) is 18.8. The molecule has 6 heteroatoms. The number of nitrogens with zero attached hydrogens (tertiary/aromatic N) is 1. The van der Waals surface area contributed by atoms with Crippen LogP contribution in [0.5, 0.6) is 11.5 Å². The highest BCUT2D eigenvalue weighted by atomic mass is 35.5. The van der Waals surface area contributed by atoms with Gasteiger partial charge in [-0.1, -0.05) is 17.7 Å². The second kappa shape index (κ2) is 11.0. The summed E-state index contributed by atoms with van der Waals surface area (Å²) in [7, 11) is 1.67. The van der Waals surface area contributed by atoms with Crippen LogP contribution in [-0.4, -0.2) is 38.3 Å². The van der Waals surface area contributed by atoms with Crippen LogP contribution in [0.25, 0.3) is 0 Å². The van der Waals surface area contributed by atoms with Gasteiger partial charge in [0.2, 0.25) is 0 Å². The molecule has 1 aromatic carbocycles. The highest BCUT2D eigenvalue weighted by molar-refractivity contribution is 6.29. The van der Waals surface area contributed by atoms with Gasteiger partial charge in [0.1, 0.15) is 31.4 Å². The molecule has 0 aliphatic rings. The van der Waals surface area contributed by atoms with Gasteiger partial charge in [0.05, 0.1) is 20.2 Å². The number of pyridine rings is 1. The zero-order valence-corrected chi connectivity index (χ0v) is 16.7. The Balaban J connectivity index is 1.87. The Bertz CT molecular complexity index is 661. The fourth-order valence-electron chi connectivity index (χ4n) is 2.79. The van der Waals surface area contributed by atoms with Crippen molar-refractivity contribution in [3.8, 4) is 11.5 Å². The van der Waals surface area contributed by atoms with Crippen molar-refractivity contribution in [2.75, 3.05) is 33.3 Å². The molecule has 0 aliphatic heterocycles. The first-order chi connectivity index (χ1) is 12.7. The van der Waals surface area contributed by atoms with E-state index < -0.39 is 0 Å². The van der Waals surface area contributed by atoms with E-state index in [1.54, 1.807) is 24.3 Å². The van der Waals surface area contributed by atoms with Crippen LogP contribution in [0, 0.1) is 0 Å². The van der Waals surface area contributed by atoms with E-state index in [1.165, 1.54) is 25.2 Å². The summed E-state index contributed by atoms with van der Waals surface area (Å²) in [6.07, 6.45) is 1.72. The van der Waals surface area contributed by atoms with Crippen molar-refractivity contribution in [3.05, 3.63) is 52.8 Å². The number of ether oxygens (including phenoxy) is 2. The van der Waals surface area contributed by atoms with Crippen molar-refractivity contribution >= 4 is 11.6 Å². The number of nitrogens with one attached hydrogen (secondary N) is 1. The lowest BCUT2D eigenvalue weighted by Gasteiger charge is -2.14. The van der Waals surface area contributed by atoms with Crippen LogP contribution in [0.15, 0.2) is 36.5 Å². The first-order valence-corrected chi connectivity index (χ1v) is 9.59. The average molecular weight is 380 g/mol. The molecular weight excluding hydrogens is 350 g/mol.